The van der Waals surface area contributed by atoms with Crippen molar-refractivity contribution in [3.63, 3.8) is 0 Å². The average molecular weight is 458 g/mol. The van der Waals surface area contributed by atoms with Gasteiger partial charge in [-0.25, -0.2) is 0 Å². The first-order valence-corrected chi connectivity index (χ1v) is 11.0. The molecule has 0 aliphatic heterocycles. The monoisotopic (exact) mass is 457 g/mol. The van der Waals surface area contributed by atoms with Crippen LogP contribution in [0, 0.1) is 13.0 Å². The van der Waals surface area contributed by atoms with E-state index in [1.54, 1.807) is 12.1 Å². The van der Waals surface area contributed by atoms with Crippen LogP contribution in [-0.2, 0) is 6.54 Å². The van der Waals surface area contributed by atoms with Gasteiger partial charge in [-0.3, -0.25) is 4.79 Å². The van der Waals surface area contributed by atoms with Crippen molar-refractivity contribution < 1.29 is 4.79 Å². The maximum atomic E-state index is 12.2. The average Bonchev–Trinajstić information content (AvgIpc) is 3.07. The number of fused-ring (bicyclic) bond motifs is 3. The van der Waals surface area contributed by atoms with E-state index in [0.29, 0.717) is 22.2 Å². The van der Waals surface area contributed by atoms with Gasteiger partial charge in [-0.2, -0.15) is 0 Å². The zero-order valence-electron chi connectivity index (χ0n) is 17.3. The summed E-state index contributed by atoms with van der Waals surface area (Å²) in [5.74, 6) is -0.455. The number of hydrogen-bond donors (Lipinski definition) is 1. The van der Waals surface area contributed by atoms with E-state index in [1.165, 1.54) is 11.1 Å². The number of halogens is 2. The molecule has 1 amide bonds. The highest BCUT2D eigenvalue weighted by molar-refractivity contribution is 6.36. The minimum atomic E-state index is -0.455. The van der Waals surface area contributed by atoms with Crippen molar-refractivity contribution in [1.29, 1.82) is 0 Å². The summed E-state index contributed by atoms with van der Waals surface area (Å²) in [6.45, 7) is 2.73. The molecule has 0 saturated heterocycles. The summed E-state index contributed by atoms with van der Waals surface area (Å²) >= 11 is 12.6. The van der Waals surface area contributed by atoms with Crippen molar-refractivity contribution >= 4 is 50.9 Å². The van der Waals surface area contributed by atoms with Gasteiger partial charge in [0.25, 0.3) is 0 Å². The van der Waals surface area contributed by atoms with Gasteiger partial charge in [0, 0.05) is 38.5 Å². The van der Waals surface area contributed by atoms with E-state index < -0.39 is 5.91 Å². The molecule has 5 aromatic rings. The van der Waals surface area contributed by atoms with Crippen molar-refractivity contribution in [1.82, 2.24) is 4.57 Å². The van der Waals surface area contributed by atoms with E-state index in [0.717, 1.165) is 32.9 Å². The Morgan fingerprint density at radius 3 is 2.56 bits per heavy atom. The fraction of sp³-hybridized carbons (Fsp3) is 0.0741. The van der Waals surface area contributed by atoms with Gasteiger partial charge in [0.1, 0.15) is 0 Å². The van der Waals surface area contributed by atoms with E-state index in [4.69, 9.17) is 28.9 Å². The Labute approximate surface area is 196 Å². The minimum absolute atomic E-state index is 0.455. The predicted molar refractivity (Wildman–Crippen MR) is 133 cm³/mol. The summed E-state index contributed by atoms with van der Waals surface area (Å²) in [5.41, 5.74) is 12.3. The fourth-order valence-corrected chi connectivity index (χ4v) is 4.82. The topological polar surface area (TPSA) is 48.0 Å². The lowest BCUT2D eigenvalue weighted by atomic mass is 10.0. The second-order valence-electron chi connectivity index (χ2n) is 7.91. The SMILES string of the molecule is Cc1cccc(Cn2c3cc(-c4ccc(Cl)cc4Cl)c[c]c3c3c(C(N)=O)cccc32)c1. The molecule has 0 fully saturated rings. The van der Waals surface area contributed by atoms with Crippen LogP contribution in [-0.4, -0.2) is 10.5 Å². The fourth-order valence-electron chi connectivity index (χ4n) is 4.30. The molecule has 1 radical (unpaired) electrons. The number of carbonyl (C=O) groups excluding carboxylic acids is 1. The summed E-state index contributed by atoms with van der Waals surface area (Å²) < 4.78 is 2.20. The van der Waals surface area contributed by atoms with E-state index >= 15 is 0 Å². The van der Waals surface area contributed by atoms with Crippen molar-refractivity contribution in [3.8, 4) is 11.1 Å². The van der Waals surface area contributed by atoms with Crippen molar-refractivity contribution in [3.05, 3.63) is 106 Å². The van der Waals surface area contributed by atoms with E-state index in [-0.39, 0.29) is 0 Å². The first-order valence-electron chi connectivity index (χ1n) is 10.2. The normalized spacial score (nSPS) is 11.3. The number of primary amides is 1. The Hall–Kier alpha value is -3.27. The van der Waals surface area contributed by atoms with Gasteiger partial charge in [0.15, 0.2) is 0 Å². The molecule has 4 aromatic carbocycles. The number of nitrogens with zero attached hydrogens (tertiary/aromatic N) is 1. The molecular weight excluding hydrogens is 439 g/mol. The number of amides is 1. The van der Waals surface area contributed by atoms with Gasteiger partial charge in [0.05, 0.1) is 11.0 Å². The second-order valence-corrected chi connectivity index (χ2v) is 8.76. The Balaban J connectivity index is 1.81. The van der Waals surface area contributed by atoms with Crippen LogP contribution in [0.1, 0.15) is 21.5 Å². The van der Waals surface area contributed by atoms with Gasteiger partial charge < -0.3 is 10.3 Å². The summed E-state index contributed by atoms with van der Waals surface area (Å²) in [6.07, 6.45) is 0. The Morgan fingerprint density at radius 2 is 1.81 bits per heavy atom. The highest BCUT2D eigenvalue weighted by Crippen LogP contribution is 2.37. The molecule has 32 heavy (non-hydrogen) atoms. The number of nitrogens with two attached hydrogens (primary N) is 1. The Kier molecular flexibility index (Phi) is 5.16. The van der Waals surface area contributed by atoms with Crippen LogP contribution in [0.5, 0.6) is 0 Å². The van der Waals surface area contributed by atoms with Crippen LogP contribution in [0.3, 0.4) is 0 Å². The summed E-state index contributed by atoms with van der Waals surface area (Å²) in [6, 6.07) is 26.9. The van der Waals surface area contributed by atoms with Crippen LogP contribution < -0.4 is 5.73 Å². The zero-order chi connectivity index (χ0) is 22.4. The first kappa shape index (κ1) is 20.6. The molecule has 0 saturated carbocycles. The van der Waals surface area contributed by atoms with Crippen molar-refractivity contribution in [2.45, 2.75) is 13.5 Å². The molecule has 5 rings (SSSR count). The Bertz CT molecular complexity index is 1520. The molecule has 0 unspecified atom stereocenters. The number of rotatable bonds is 4. The summed E-state index contributed by atoms with van der Waals surface area (Å²) in [4.78, 5) is 12.2. The van der Waals surface area contributed by atoms with Gasteiger partial charge in [-0.05, 0) is 60.5 Å². The molecule has 0 aliphatic carbocycles. The van der Waals surface area contributed by atoms with Crippen LogP contribution >= 0.6 is 23.2 Å². The van der Waals surface area contributed by atoms with Gasteiger partial charge in [-0.15, -0.1) is 0 Å². The highest BCUT2D eigenvalue weighted by Gasteiger charge is 2.18. The van der Waals surface area contributed by atoms with E-state index in [2.05, 4.69) is 47.9 Å². The number of hydrogen-bond acceptors (Lipinski definition) is 1. The number of aryl methyl sites for hydroxylation is 1. The van der Waals surface area contributed by atoms with Gasteiger partial charge in [-0.1, -0.05) is 65.2 Å². The molecule has 3 nitrogen and oxygen atoms in total. The lowest BCUT2D eigenvalue weighted by Gasteiger charge is -2.10. The highest BCUT2D eigenvalue weighted by atomic mass is 35.5. The molecule has 0 spiro atoms. The lowest BCUT2D eigenvalue weighted by Crippen LogP contribution is -2.11. The maximum Gasteiger partial charge on any atom is 0.249 e. The summed E-state index contributed by atoms with van der Waals surface area (Å²) in [5, 5.41) is 2.83. The van der Waals surface area contributed by atoms with Crippen LogP contribution in [0.2, 0.25) is 10.0 Å². The Morgan fingerprint density at radius 1 is 1.00 bits per heavy atom. The molecule has 5 heteroatoms. The lowest BCUT2D eigenvalue weighted by molar-refractivity contribution is 0.100. The molecule has 0 aliphatic rings. The van der Waals surface area contributed by atoms with Gasteiger partial charge >= 0.3 is 0 Å². The smallest absolute Gasteiger partial charge is 0.249 e. The zero-order valence-corrected chi connectivity index (χ0v) is 18.8. The summed E-state index contributed by atoms with van der Waals surface area (Å²) in [7, 11) is 0. The predicted octanol–water partition coefficient (Wildman–Crippen LogP) is 7.02. The number of aromatic nitrogens is 1. The first-order chi connectivity index (χ1) is 15.4. The van der Waals surface area contributed by atoms with E-state index in [1.807, 2.05) is 30.3 Å². The minimum Gasteiger partial charge on any atom is -0.366 e. The third kappa shape index (κ3) is 3.54. The van der Waals surface area contributed by atoms with Crippen LogP contribution in [0.4, 0.5) is 0 Å². The van der Waals surface area contributed by atoms with Crippen molar-refractivity contribution in [2.24, 2.45) is 5.73 Å². The standard InChI is InChI=1S/C27H19Cl2N2O/c1-16-4-2-5-17(12-16)15-31-24-7-3-6-22(27(30)32)26(24)21-10-8-18(13-25(21)31)20-11-9-19(28)14-23(20)29/h2-9,11-14H,15H2,1H3,(H2,30,32). The molecule has 0 atom stereocenters. The molecule has 1 heterocycles. The molecule has 0 bridgehead atoms. The van der Waals surface area contributed by atoms with E-state index in [9.17, 15) is 4.79 Å². The third-order valence-corrected chi connectivity index (χ3v) is 6.27. The largest absolute Gasteiger partial charge is 0.366 e. The molecule has 1 aromatic heterocycles. The quantitative estimate of drug-likeness (QED) is 0.309. The number of benzene rings is 4. The maximum absolute atomic E-state index is 12.2. The molecular formula is C27H19Cl2N2O. The van der Waals surface area contributed by atoms with Crippen LogP contribution in [0.25, 0.3) is 32.9 Å². The third-order valence-electron chi connectivity index (χ3n) is 5.73. The van der Waals surface area contributed by atoms with Crippen LogP contribution in [0.15, 0.2) is 72.8 Å². The van der Waals surface area contributed by atoms with Gasteiger partial charge in [0.2, 0.25) is 5.91 Å². The number of carbonyl (C=O) groups is 1. The molecule has 2 N–H and O–H groups in total. The van der Waals surface area contributed by atoms with Crippen molar-refractivity contribution in [2.75, 3.05) is 0 Å². The molecule has 157 valence electrons. The second kappa shape index (κ2) is 8.01.